The number of nitrogens with one attached hydrogen (secondary N) is 1. The van der Waals surface area contributed by atoms with E-state index < -0.39 is 10.0 Å². The molecule has 20 heavy (non-hydrogen) atoms. The average Bonchev–Trinajstić information content (AvgIpc) is 2.91. The van der Waals surface area contributed by atoms with Crippen molar-refractivity contribution >= 4 is 27.2 Å². The Hall–Kier alpha value is -1.77. The molecule has 0 atom stereocenters. The van der Waals surface area contributed by atoms with Crippen LogP contribution in [-0.2, 0) is 16.4 Å². The van der Waals surface area contributed by atoms with Crippen LogP contribution in [0.4, 0.5) is 0 Å². The first kappa shape index (κ1) is 14.6. The summed E-state index contributed by atoms with van der Waals surface area (Å²) in [6, 6.07) is 6.45. The Morgan fingerprint density at radius 2 is 2.20 bits per heavy atom. The highest BCUT2D eigenvalue weighted by molar-refractivity contribution is 7.89. The zero-order valence-electron chi connectivity index (χ0n) is 10.4. The van der Waals surface area contributed by atoms with E-state index in [4.69, 9.17) is 22.4 Å². The smallest absolute Gasteiger partial charge is 0.242 e. The number of aromatic nitrogens is 1. The summed E-state index contributed by atoms with van der Waals surface area (Å²) in [5.74, 6) is 0.702. The van der Waals surface area contributed by atoms with E-state index in [9.17, 15) is 8.42 Å². The molecule has 0 saturated heterocycles. The molecular weight excluding hydrogens is 298 g/mol. The second-order valence-corrected chi connectivity index (χ2v) is 6.12. The Labute approximate surface area is 122 Å². The fourth-order valence-corrected chi connectivity index (χ4v) is 3.06. The van der Waals surface area contributed by atoms with E-state index in [0.29, 0.717) is 12.2 Å². The maximum atomic E-state index is 12.2. The average molecular weight is 311 g/mol. The highest BCUT2D eigenvalue weighted by atomic mass is 32.2. The van der Waals surface area contributed by atoms with Crippen molar-refractivity contribution in [3.8, 4) is 0 Å². The lowest BCUT2D eigenvalue weighted by Gasteiger charge is -2.09. The molecule has 0 spiro atoms. The van der Waals surface area contributed by atoms with Crippen LogP contribution in [0.25, 0.3) is 0 Å². The van der Waals surface area contributed by atoms with Gasteiger partial charge in [0.05, 0.1) is 6.26 Å². The molecule has 0 unspecified atom stereocenters. The number of furan rings is 1. The lowest BCUT2D eigenvalue weighted by atomic mass is 10.3. The minimum absolute atomic E-state index is 0.0213. The molecule has 2 aromatic rings. The van der Waals surface area contributed by atoms with E-state index in [-0.39, 0.29) is 22.1 Å². The van der Waals surface area contributed by atoms with Gasteiger partial charge in [0.15, 0.2) is 0 Å². The van der Waals surface area contributed by atoms with E-state index in [1.54, 1.807) is 12.1 Å². The Bertz CT molecular complexity index is 696. The first-order valence-electron chi connectivity index (χ1n) is 5.77. The van der Waals surface area contributed by atoms with Crippen molar-refractivity contribution in [3.63, 3.8) is 0 Å². The Balaban J connectivity index is 2.12. The van der Waals surface area contributed by atoms with Gasteiger partial charge >= 0.3 is 0 Å². The highest BCUT2D eigenvalue weighted by Gasteiger charge is 2.20. The molecule has 0 saturated carbocycles. The molecule has 0 aliphatic heterocycles. The van der Waals surface area contributed by atoms with E-state index >= 15 is 0 Å². The van der Waals surface area contributed by atoms with Gasteiger partial charge in [-0.3, -0.25) is 4.98 Å². The molecule has 0 fully saturated rings. The number of sulfonamides is 1. The van der Waals surface area contributed by atoms with Crippen molar-refractivity contribution in [1.29, 1.82) is 0 Å². The van der Waals surface area contributed by atoms with E-state index in [1.807, 2.05) is 0 Å². The van der Waals surface area contributed by atoms with Crippen LogP contribution in [0.15, 0.2) is 46.0 Å². The monoisotopic (exact) mass is 311 g/mol. The number of pyridine rings is 1. The molecule has 0 aliphatic rings. The Morgan fingerprint density at radius 3 is 2.85 bits per heavy atom. The van der Waals surface area contributed by atoms with Crippen molar-refractivity contribution in [1.82, 2.24) is 9.71 Å². The zero-order valence-corrected chi connectivity index (χ0v) is 12.1. The molecular formula is C12H13N3O3S2. The lowest BCUT2D eigenvalue weighted by Crippen LogP contribution is -2.28. The third-order valence-corrected chi connectivity index (χ3v) is 4.22. The second-order valence-electron chi connectivity index (χ2n) is 3.94. The van der Waals surface area contributed by atoms with Gasteiger partial charge in [-0.15, -0.1) is 0 Å². The van der Waals surface area contributed by atoms with Gasteiger partial charge in [-0.05, 0) is 24.3 Å². The summed E-state index contributed by atoms with van der Waals surface area (Å²) in [4.78, 5) is 3.82. The van der Waals surface area contributed by atoms with E-state index in [2.05, 4.69) is 9.71 Å². The van der Waals surface area contributed by atoms with E-state index in [1.165, 1.54) is 24.6 Å². The molecule has 106 valence electrons. The second kappa shape index (κ2) is 6.12. The third-order valence-electron chi connectivity index (χ3n) is 2.54. The fraction of sp³-hybridized carbons (Fsp3) is 0.167. The minimum Gasteiger partial charge on any atom is -0.469 e. The Morgan fingerprint density at radius 1 is 1.40 bits per heavy atom. The molecule has 8 heteroatoms. The van der Waals surface area contributed by atoms with Crippen molar-refractivity contribution in [3.05, 3.63) is 48.2 Å². The van der Waals surface area contributed by atoms with Crippen molar-refractivity contribution in [2.75, 3.05) is 6.54 Å². The number of hydrogen-bond donors (Lipinski definition) is 2. The number of nitrogens with zero attached hydrogens (tertiary/aromatic N) is 1. The molecule has 0 aliphatic carbocycles. The molecule has 0 radical (unpaired) electrons. The van der Waals surface area contributed by atoms with Crippen molar-refractivity contribution < 1.29 is 12.8 Å². The summed E-state index contributed by atoms with van der Waals surface area (Å²) in [7, 11) is -3.71. The molecule has 0 aromatic carbocycles. The summed E-state index contributed by atoms with van der Waals surface area (Å²) in [6.07, 6.45) is 3.43. The fourth-order valence-electron chi connectivity index (χ4n) is 1.63. The van der Waals surface area contributed by atoms with Crippen LogP contribution in [-0.4, -0.2) is 24.9 Å². The van der Waals surface area contributed by atoms with Gasteiger partial charge in [0.2, 0.25) is 10.0 Å². The zero-order chi connectivity index (χ0) is 14.6. The van der Waals surface area contributed by atoms with Gasteiger partial charge in [0, 0.05) is 19.2 Å². The summed E-state index contributed by atoms with van der Waals surface area (Å²) in [6.45, 7) is 0.210. The summed E-state index contributed by atoms with van der Waals surface area (Å²) < 4.78 is 32.0. The first-order chi connectivity index (χ1) is 9.50. The SMILES string of the molecule is NC(=S)c1ncccc1S(=O)(=O)NCCc1ccco1. The molecule has 0 amide bonds. The topological polar surface area (TPSA) is 98.2 Å². The summed E-state index contributed by atoms with van der Waals surface area (Å²) >= 11 is 4.80. The Kier molecular flexibility index (Phi) is 4.48. The van der Waals surface area contributed by atoms with Crippen molar-refractivity contribution in [2.45, 2.75) is 11.3 Å². The minimum atomic E-state index is -3.71. The van der Waals surface area contributed by atoms with Crippen LogP contribution >= 0.6 is 12.2 Å². The van der Waals surface area contributed by atoms with E-state index in [0.717, 1.165) is 0 Å². The van der Waals surface area contributed by atoms with Crippen LogP contribution in [0, 0.1) is 0 Å². The van der Waals surface area contributed by atoms with Gasteiger partial charge < -0.3 is 10.2 Å². The number of rotatable bonds is 6. The van der Waals surface area contributed by atoms with Gasteiger partial charge in [0.1, 0.15) is 21.3 Å². The van der Waals surface area contributed by atoms with Crippen LogP contribution in [0.2, 0.25) is 0 Å². The quantitative estimate of drug-likeness (QED) is 0.767. The largest absolute Gasteiger partial charge is 0.469 e. The first-order valence-corrected chi connectivity index (χ1v) is 7.67. The maximum Gasteiger partial charge on any atom is 0.242 e. The van der Waals surface area contributed by atoms with Crippen LogP contribution in [0.5, 0.6) is 0 Å². The van der Waals surface area contributed by atoms with Crippen LogP contribution in [0.3, 0.4) is 0 Å². The third kappa shape index (κ3) is 3.41. The van der Waals surface area contributed by atoms with Crippen LogP contribution in [0.1, 0.15) is 11.5 Å². The van der Waals surface area contributed by atoms with Gasteiger partial charge in [-0.2, -0.15) is 0 Å². The molecule has 3 N–H and O–H groups in total. The van der Waals surface area contributed by atoms with Crippen molar-refractivity contribution in [2.24, 2.45) is 5.73 Å². The van der Waals surface area contributed by atoms with Gasteiger partial charge in [-0.25, -0.2) is 13.1 Å². The summed E-state index contributed by atoms with van der Waals surface area (Å²) in [5.41, 5.74) is 5.57. The normalized spacial score (nSPS) is 11.4. The standard InChI is InChI=1S/C12H13N3O3S2/c13-12(19)11-10(4-1-6-14-11)20(16,17)15-7-5-9-3-2-8-18-9/h1-4,6,8,15H,5,7H2,(H2,13,19). The van der Waals surface area contributed by atoms with Gasteiger partial charge in [0.25, 0.3) is 0 Å². The summed E-state index contributed by atoms with van der Waals surface area (Å²) in [5, 5.41) is 0. The molecule has 2 rings (SSSR count). The molecule has 0 bridgehead atoms. The number of hydrogen-bond acceptors (Lipinski definition) is 5. The number of nitrogens with two attached hydrogens (primary N) is 1. The van der Waals surface area contributed by atoms with Crippen LogP contribution < -0.4 is 10.5 Å². The van der Waals surface area contributed by atoms with Gasteiger partial charge in [-0.1, -0.05) is 12.2 Å². The predicted octanol–water partition coefficient (Wildman–Crippen LogP) is 0.830. The number of thiocarbonyl (C=S) groups is 1. The molecule has 2 aromatic heterocycles. The predicted molar refractivity (Wildman–Crippen MR) is 77.7 cm³/mol. The lowest BCUT2D eigenvalue weighted by molar-refractivity contribution is 0.506. The molecule has 6 nitrogen and oxygen atoms in total. The highest BCUT2D eigenvalue weighted by Crippen LogP contribution is 2.12. The molecule has 2 heterocycles. The maximum absolute atomic E-state index is 12.2.